The van der Waals surface area contributed by atoms with Gasteiger partial charge < -0.3 is 85.5 Å². The molecule has 99 heavy (non-hydrogen) atoms. The lowest BCUT2D eigenvalue weighted by Gasteiger charge is -2.36. The Morgan fingerprint density at radius 1 is 0.525 bits per heavy atom. The van der Waals surface area contributed by atoms with E-state index in [1.165, 1.54) is 46.4 Å². The van der Waals surface area contributed by atoms with Gasteiger partial charge in [-0.15, -0.1) is 0 Å². The van der Waals surface area contributed by atoms with Gasteiger partial charge in [0.1, 0.15) is 58.4 Å². The van der Waals surface area contributed by atoms with Crippen LogP contribution in [0.2, 0.25) is 0 Å². The van der Waals surface area contributed by atoms with Gasteiger partial charge in [0.2, 0.25) is 82.7 Å². The Balaban J connectivity index is 3.56. The first kappa shape index (κ1) is 89.3. The van der Waals surface area contributed by atoms with Crippen molar-refractivity contribution in [3.63, 3.8) is 0 Å². The summed E-state index contributed by atoms with van der Waals surface area (Å²) >= 11 is 0. The van der Waals surface area contributed by atoms with E-state index < -0.39 is 179 Å². The largest absolute Gasteiger partial charge is 0.394 e. The van der Waals surface area contributed by atoms with E-state index in [1.807, 2.05) is 27.7 Å². The summed E-state index contributed by atoms with van der Waals surface area (Å²) < 4.78 is 0. The number of nitrogens with one attached hydrogen (secondary N) is 10. The molecule has 0 radical (unpaired) electrons. The number of nitrogens with zero attached hydrogens (tertiary/aromatic N) is 1. The Hall–Kier alpha value is -7.76. The number of allylic oxidation sites excluding steroid dienone is 2. The average molecular weight is 1400 g/mol. The van der Waals surface area contributed by atoms with Crippen molar-refractivity contribution < 1.29 is 77.3 Å². The number of hydrogen-bond acceptors (Lipinski definition) is 16. The number of aliphatic hydroxyl groups excluding tert-OH is 2. The second-order valence-corrected chi connectivity index (χ2v) is 28.7. The molecule has 18 N–H and O–H groups in total. The SMILES string of the molecule is C/C=C/C[C@@H](C)[C@@H](O)[C@H](NC(=O)[C@@H]1CCCN1C(=O)C(C)(C)NC(=O)CCCCCCCCC)C(=O)N[C@](C)(CC)C(=O)N[C@@H](CCC(N)=O)C(=O)N[C@@H](CCC(N)=O)C(=O)NC(C)(C)C(=O)N[C@](C)(CC)C(=O)N[C@@H](CCC(N)=O)C(=O)N[C@@H](CC(C)C)C(=O)N[C@H](CO)CC(C)C. The molecule has 0 aliphatic carbocycles. The van der Waals surface area contributed by atoms with E-state index in [-0.39, 0.29) is 82.3 Å². The van der Waals surface area contributed by atoms with Gasteiger partial charge in [-0.2, -0.15) is 0 Å². The third-order valence-corrected chi connectivity index (χ3v) is 17.8. The number of rotatable bonds is 48. The van der Waals surface area contributed by atoms with Gasteiger partial charge in [-0.3, -0.25) is 67.1 Å². The third kappa shape index (κ3) is 31.1. The highest BCUT2D eigenvalue weighted by atomic mass is 16.3. The highest BCUT2D eigenvalue weighted by Gasteiger charge is 2.46. The van der Waals surface area contributed by atoms with E-state index in [2.05, 4.69) is 60.1 Å². The van der Waals surface area contributed by atoms with Crippen LogP contribution in [0.15, 0.2) is 12.2 Å². The summed E-state index contributed by atoms with van der Waals surface area (Å²) in [4.78, 5) is 193. The highest BCUT2D eigenvalue weighted by Crippen LogP contribution is 2.25. The molecular formula is C69H122N14O16. The van der Waals surface area contributed by atoms with Crippen molar-refractivity contribution in [1.29, 1.82) is 0 Å². The van der Waals surface area contributed by atoms with E-state index in [4.69, 9.17) is 17.2 Å². The summed E-state index contributed by atoms with van der Waals surface area (Å²) in [6.07, 6.45) is 7.60. The minimum atomic E-state index is -1.95. The predicted molar refractivity (Wildman–Crippen MR) is 373 cm³/mol. The van der Waals surface area contributed by atoms with Crippen LogP contribution in [-0.4, -0.2) is 182 Å². The molecular weight excluding hydrogens is 1280 g/mol. The second kappa shape index (κ2) is 43.0. The van der Waals surface area contributed by atoms with Crippen LogP contribution < -0.4 is 70.4 Å². The van der Waals surface area contributed by atoms with E-state index in [9.17, 15) is 77.3 Å². The Morgan fingerprint density at radius 3 is 1.45 bits per heavy atom. The number of likely N-dealkylation sites (tertiary alicyclic amines) is 1. The van der Waals surface area contributed by atoms with Crippen molar-refractivity contribution in [2.75, 3.05) is 13.2 Å². The van der Waals surface area contributed by atoms with Crippen LogP contribution in [0.3, 0.4) is 0 Å². The van der Waals surface area contributed by atoms with Crippen molar-refractivity contribution in [3.8, 4) is 0 Å². The van der Waals surface area contributed by atoms with Gasteiger partial charge in [-0.1, -0.05) is 106 Å². The molecule has 11 atom stereocenters. The van der Waals surface area contributed by atoms with Gasteiger partial charge in [-0.05, 0) is 137 Å². The van der Waals surface area contributed by atoms with Crippen LogP contribution in [0.1, 0.15) is 239 Å². The number of unbranched alkanes of at least 4 members (excludes halogenated alkanes) is 6. The molecule has 1 aliphatic heterocycles. The maximum Gasteiger partial charge on any atom is 0.248 e. The Bertz CT molecular complexity index is 2780. The lowest BCUT2D eigenvalue weighted by atomic mass is 9.91. The van der Waals surface area contributed by atoms with Crippen molar-refractivity contribution in [2.45, 2.75) is 309 Å². The van der Waals surface area contributed by atoms with Crippen molar-refractivity contribution >= 4 is 82.7 Å². The molecule has 1 saturated heterocycles. The molecule has 1 aliphatic rings. The Kier molecular flexibility index (Phi) is 38.8. The summed E-state index contributed by atoms with van der Waals surface area (Å²) in [6, 6.07) is -9.45. The van der Waals surface area contributed by atoms with Crippen LogP contribution in [0.5, 0.6) is 0 Å². The molecule has 30 nitrogen and oxygen atoms in total. The van der Waals surface area contributed by atoms with E-state index in [0.717, 1.165) is 38.5 Å². The van der Waals surface area contributed by atoms with Crippen molar-refractivity contribution in [3.05, 3.63) is 12.2 Å². The fourth-order valence-corrected chi connectivity index (χ4v) is 11.1. The first-order valence-electron chi connectivity index (χ1n) is 35.3. The van der Waals surface area contributed by atoms with Gasteiger partial charge >= 0.3 is 0 Å². The minimum absolute atomic E-state index is 0.114. The summed E-state index contributed by atoms with van der Waals surface area (Å²) in [7, 11) is 0. The fraction of sp³-hybridized carbons (Fsp3) is 0.768. The summed E-state index contributed by atoms with van der Waals surface area (Å²) in [6.45, 7) is 24.1. The minimum Gasteiger partial charge on any atom is -0.394 e. The van der Waals surface area contributed by atoms with E-state index >= 15 is 0 Å². The van der Waals surface area contributed by atoms with E-state index in [1.54, 1.807) is 39.8 Å². The Labute approximate surface area is 585 Å². The number of carbonyl (C=O) groups is 14. The number of amides is 14. The molecule has 0 aromatic rings. The topological polar surface area (TPSA) is 481 Å². The maximum absolute atomic E-state index is 14.6. The van der Waals surface area contributed by atoms with Crippen LogP contribution in [0.4, 0.5) is 0 Å². The monoisotopic (exact) mass is 1400 g/mol. The van der Waals surface area contributed by atoms with Crippen LogP contribution in [-0.2, 0) is 67.1 Å². The van der Waals surface area contributed by atoms with Crippen LogP contribution in [0, 0.1) is 17.8 Å². The molecule has 0 spiro atoms. The first-order chi connectivity index (χ1) is 46.1. The molecule has 1 fully saturated rings. The predicted octanol–water partition coefficient (Wildman–Crippen LogP) is 1.23. The molecule has 0 aromatic heterocycles. The normalized spacial score (nSPS) is 17.0. The summed E-state index contributed by atoms with van der Waals surface area (Å²) in [5.74, 6) is -12.5. The zero-order valence-electron chi connectivity index (χ0n) is 61.6. The smallest absolute Gasteiger partial charge is 0.248 e. The van der Waals surface area contributed by atoms with Crippen LogP contribution >= 0.6 is 0 Å². The van der Waals surface area contributed by atoms with Gasteiger partial charge in [0.25, 0.3) is 0 Å². The number of hydrogen-bond donors (Lipinski definition) is 15. The number of aliphatic hydroxyl groups is 2. The third-order valence-electron chi connectivity index (χ3n) is 17.8. The van der Waals surface area contributed by atoms with Gasteiger partial charge in [0.15, 0.2) is 0 Å². The first-order valence-corrected chi connectivity index (χ1v) is 35.3. The van der Waals surface area contributed by atoms with Gasteiger partial charge in [-0.25, -0.2) is 0 Å². The molecule has 0 bridgehead atoms. The van der Waals surface area contributed by atoms with Crippen LogP contribution in [0.25, 0.3) is 0 Å². The van der Waals surface area contributed by atoms with Crippen molar-refractivity contribution in [1.82, 2.24) is 58.1 Å². The number of nitrogens with two attached hydrogens (primary N) is 3. The lowest BCUT2D eigenvalue weighted by molar-refractivity contribution is -0.146. The fourth-order valence-electron chi connectivity index (χ4n) is 11.1. The molecule has 30 heteroatoms. The zero-order chi connectivity index (χ0) is 75.8. The lowest BCUT2D eigenvalue weighted by Crippen LogP contribution is -2.67. The average Bonchev–Trinajstić information content (AvgIpc) is 1.80. The number of primary amides is 3. The molecule has 14 amide bonds. The van der Waals surface area contributed by atoms with Gasteiger partial charge in [0.05, 0.1) is 18.8 Å². The van der Waals surface area contributed by atoms with Gasteiger partial charge in [0, 0.05) is 32.2 Å². The van der Waals surface area contributed by atoms with Crippen molar-refractivity contribution in [2.24, 2.45) is 35.0 Å². The quantitative estimate of drug-likeness (QED) is 0.0301. The molecule has 564 valence electrons. The molecule has 0 saturated carbocycles. The standard InChI is InChI=1S/C69H122N14O16/c1-16-20-22-23-24-25-26-30-53(88)79-67(12,13)65(99)83-37-27-29-49(83)60(94)78-54(55(89)43(9)28-21-17-2)61(95)81-68(14,18-3)63(97)76-45(31-34-50(70)85)56(90)74-47(33-36-52(72)87)59(93)80-66(10,11)62(96)82-69(15,19-4)64(98)77-46(32-35-51(71)86)57(91)75-48(39-42(7)8)58(92)73-44(40-84)38-41(5)6/h17,21,41-49,54-55,84,89H,16,18-20,22-40H2,1-15H3,(H2,70,85)(H2,71,86)(H2,72,87)(H,73,92)(H,74,90)(H,75,91)(H,76,97)(H,77,98)(H,78,94)(H,79,88)(H,80,93)(H,81,95)(H,82,96)/b21-17+/t43-,44+,45+,46+,47+,48+,49+,54+,55-,68-,69-/m1/s1. The zero-order valence-corrected chi connectivity index (χ0v) is 61.6. The summed E-state index contributed by atoms with van der Waals surface area (Å²) in [5.41, 5.74) is 9.30. The maximum atomic E-state index is 14.6. The van der Waals surface area contributed by atoms with E-state index in [0.29, 0.717) is 19.3 Å². The second-order valence-electron chi connectivity index (χ2n) is 28.7. The molecule has 1 rings (SSSR count). The molecule has 0 aromatic carbocycles. The Morgan fingerprint density at radius 2 is 0.990 bits per heavy atom. The summed E-state index contributed by atoms with van der Waals surface area (Å²) in [5, 5.41) is 48.0. The molecule has 0 unspecified atom stereocenters. The molecule has 1 heterocycles. The number of carbonyl (C=O) groups excluding carboxylic acids is 14. The highest BCUT2D eigenvalue weighted by molar-refractivity contribution is 6.02.